The van der Waals surface area contributed by atoms with E-state index >= 15 is 0 Å². The minimum absolute atomic E-state index is 0.236. The van der Waals surface area contributed by atoms with Crippen LogP contribution in [0.2, 0.25) is 0 Å². The lowest BCUT2D eigenvalue weighted by Crippen LogP contribution is -2.34. The monoisotopic (exact) mass is 836 g/mol. The molecule has 0 radical (unpaired) electrons. The molecule has 0 aliphatic carbocycles. The summed E-state index contributed by atoms with van der Waals surface area (Å²) in [5.41, 5.74) is 7.71. The van der Waals surface area contributed by atoms with Gasteiger partial charge in [-0.25, -0.2) is 19.6 Å². The summed E-state index contributed by atoms with van der Waals surface area (Å²) in [4.78, 5) is 39.5. The molecular weight excluding hydrogens is 777 g/mol. The molecule has 0 fully saturated rings. The van der Waals surface area contributed by atoms with Crippen LogP contribution < -0.4 is 9.47 Å². The molecule has 0 spiro atoms. The Hall–Kier alpha value is -6.16. The number of nitrogens with zero attached hydrogens (tertiary/aromatic N) is 4. The number of hydrogen-bond acceptors (Lipinski definition) is 8. The van der Waals surface area contributed by atoms with Crippen LogP contribution >= 0.6 is 0 Å². The summed E-state index contributed by atoms with van der Waals surface area (Å²) in [6, 6.07) is 24.5. The first-order valence-electron chi connectivity index (χ1n) is 21.3. The summed E-state index contributed by atoms with van der Waals surface area (Å²) < 4.78 is 25.6. The highest BCUT2D eigenvalue weighted by molar-refractivity contribution is 6.04. The summed E-state index contributed by atoms with van der Waals surface area (Å²) in [6.07, 6.45) is 3.62. The molecule has 10 nitrogen and oxygen atoms in total. The number of pyridine rings is 2. The molecule has 1 aliphatic heterocycles. The molecule has 1 amide bonds. The van der Waals surface area contributed by atoms with Crippen molar-refractivity contribution < 1.29 is 28.5 Å². The highest BCUT2D eigenvalue weighted by Crippen LogP contribution is 2.45. The summed E-state index contributed by atoms with van der Waals surface area (Å²) in [5.74, 6) is 1.20. The maximum absolute atomic E-state index is 13.5. The Morgan fingerprint density at radius 1 is 0.581 bits per heavy atom. The van der Waals surface area contributed by atoms with Crippen molar-refractivity contribution in [1.29, 1.82) is 0 Å². The molecule has 3 aromatic carbocycles. The number of aromatic nitrogens is 3. The van der Waals surface area contributed by atoms with E-state index in [1.165, 1.54) is 4.57 Å². The molecule has 62 heavy (non-hydrogen) atoms. The Bertz CT molecular complexity index is 2750. The number of ether oxygens (including phenoxy) is 4. The van der Waals surface area contributed by atoms with Gasteiger partial charge in [-0.1, -0.05) is 71.9 Å². The molecule has 324 valence electrons. The largest absolute Gasteiger partial charge is 0.495 e. The molecule has 6 aromatic rings. The second-order valence-electron chi connectivity index (χ2n) is 20.1. The van der Waals surface area contributed by atoms with Crippen molar-refractivity contribution in [3.05, 3.63) is 102 Å². The van der Waals surface area contributed by atoms with E-state index in [1.807, 2.05) is 65.8 Å². The standard InChI is InChI=1S/C52H60N4O6/c1-49(2,3)33-27-35(45(59-13)37(29-33)41-17-15-25-55(41)47(57)61-51(7,8)9)39-23-21-31-19-20-32-22-24-40(54-44(32)43(31)53-39)36-28-34(50(4,5)6)30-38(46(36)60-14)42-18-16-26-56(42)48(58)62-52(10,11)12/h15,17-25,27-30H,16,26H2,1-14H3. The zero-order chi connectivity index (χ0) is 45.1. The Labute approximate surface area is 365 Å². The fraction of sp³-hybridized carbons (Fsp3) is 0.385. The maximum Gasteiger partial charge on any atom is 0.418 e. The smallest absolute Gasteiger partial charge is 0.418 e. The lowest BCUT2D eigenvalue weighted by atomic mass is 9.83. The van der Waals surface area contributed by atoms with Crippen molar-refractivity contribution in [2.75, 3.05) is 20.8 Å². The van der Waals surface area contributed by atoms with Gasteiger partial charge < -0.3 is 18.9 Å². The predicted octanol–water partition coefficient (Wildman–Crippen LogP) is 13.0. The molecular formula is C52H60N4O6. The highest BCUT2D eigenvalue weighted by Gasteiger charge is 2.32. The Morgan fingerprint density at radius 2 is 1.03 bits per heavy atom. The van der Waals surface area contributed by atoms with E-state index in [0.29, 0.717) is 41.5 Å². The van der Waals surface area contributed by atoms with Crippen LogP contribution in [0.15, 0.2) is 85.1 Å². The fourth-order valence-electron chi connectivity index (χ4n) is 7.79. The third kappa shape index (κ3) is 8.78. The molecule has 3 aromatic heterocycles. The van der Waals surface area contributed by atoms with Crippen LogP contribution in [0.4, 0.5) is 9.59 Å². The van der Waals surface area contributed by atoms with E-state index in [-0.39, 0.29) is 10.8 Å². The summed E-state index contributed by atoms with van der Waals surface area (Å²) in [6.45, 7) is 24.7. The molecule has 0 unspecified atom stereocenters. The van der Waals surface area contributed by atoms with Crippen molar-refractivity contribution in [2.24, 2.45) is 0 Å². The van der Waals surface area contributed by atoms with E-state index in [9.17, 15) is 9.59 Å². The predicted molar refractivity (Wildman–Crippen MR) is 249 cm³/mol. The fourth-order valence-corrected chi connectivity index (χ4v) is 7.79. The minimum atomic E-state index is -0.674. The van der Waals surface area contributed by atoms with E-state index in [2.05, 4.69) is 96.1 Å². The van der Waals surface area contributed by atoms with Gasteiger partial charge >= 0.3 is 12.2 Å². The van der Waals surface area contributed by atoms with Crippen molar-refractivity contribution in [2.45, 2.75) is 112 Å². The molecule has 10 heteroatoms. The van der Waals surface area contributed by atoms with Gasteiger partial charge in [0.05, 0.1) is 48.0 Å². The molecule has 0 N–H and O–H groups in total. The zero-order valence-corrected chi connectivity index (χ0v) is 38.7. The summed E-state index contributed by atoms with van der Waals surface area (Å²) >= 11 is 0. The van der Waals surface area contributed by atoms with Crippen molar-refractivity contribution in [3.63, 3.8) is 0 Å². The highest BCUT2D eigenvalue weighted by atomic mass is 16.6. The number of methoxy groups -OCH3 is 2. The zero-order valence-electron chi connectivity index (χ0n) is 38.7. The van der Waals surface area contributed by atoms with Crippen LogP contribution in [0, 0.1) is 0 Å². The lowest BCUT2D eigenvalue weighted by molar-refractivity contribution is 0.0364. The minimum Gasteiger partial charge on any atom is -0.495 e. The number of amides is 1. The molecule has 0 bridgehead atoms. The average molecular weight is 837 g/mol. The SMILES string of the molecule is COc1c(C2=CCCN2C(=O)OC(C)(C)C)cc(C(C)(C)C)cc1-c1ccc2ccc3ccc(-c4cc(C(C)(C)C)cc(-c5cccn5C(=O)OC(C)(C)C)c4OC)nc3c2n1. The van der Waals surface area contributed by atoms with Gasteiger partial charge in [-0.15, -0.1) is 0 Å². The number of carbonyl (C=O) groups excluding carboxylic acids is 2. The van der Waals surface area contributed by atoms with E-state index < -0.39 is 23.4 Å². The van der Waals surface area contributed by atoms with E-state index in [1.54, 1.807) is 25.3 Å². The first-order valence-corrected chi connectivity index (χ1v) is 21.3. The van der Waals surface area contributed by atoms with Gasteiger partial charge in [0.25, 0.3) is 0 Å². The first-order chi connectivity index (χ1) is 29.0. The Balaban J connectivity index is 1.42. The Kier molecular flexibility index (Phi) is 11.3. The van der Waals surface area contributed by atoms with Crippen LogP contribution in [0.1, 0.15) is 106 Å². The summed E-state index contributed by atoms with van der Waals surface area (Å²) in [7, 11) is 3.31. The van der Waals surface area contributed by atoms with Crippen LogP contribution in [0.5, 0.6) is 11.5 Å². The second kappa shape index (κ2) is 15.9. The van der Waals surface area contributed by atoms with Crippen LogP contribution in [-0.2, 0) is 20.3 Å². The third-order valence-corrected chi connectivity index (χ3v) is 10.9. The number of carbonyl (C=O) groups is 2. The van der Waals surface area contributed by atoms with Crippen molar-refractivity contribution >= 4 is 39.7 Å². The normalized spacial score (nSPS) is 13.7. The molecule has 1 aliphatic rings. The number of benzene rings is 3. The second-order valence-corrected chi connectivity index (χ2v) is 20.1. The topological polar surface area (TPSA) is 105 Å². The first kappa shape index (κ1) is 43.9. The van der Waals surface area contributed by atoms with E-state index in [4.69, 9.17) is 28.9 Å². The lowest BCUT2D eigenvalue weighted by Gasteiger charge is -2.28. The van der Waals surface area contributed by atoms with E-state index in [0.717, 1.165) is 60.9 Å². The molecule has 0 saturated heterocycles. The average Bonchev–Trinajstić information content (AvgIpc) is 3.89. The molecule has 4 heterocycles. The van der Waals surface area contributed by atoms with Gasteiger partial charge in [0, 0.05) is 45.8 Å². The number of hydrogen-bond donors (Lipinski definition) is 0. The summed E-state index contributed by atoms with van der Waals surface area (Å²) in [5, 5.41) is 1.86. The van der Waals surface area contributed by atoms with Gasteiger partial charge in [0.2, 0.25) is 0 Å². The quantitative estimate of drug-likeness (QED) is 0.153. The van der Waals surface area contributed by atoms with Crippen LogP contribution in [0.3, 0.4) is 0 Å². The number of rotatable bonds is 6. The van der Waals surface area contributed by atoms with Crippen molar-refractivity contribution in [1.82, 2.24) is 19.4 Å². The van der Waals surface area contributed by atoms with Crippen molar-refractivity contribution in [3.8, 4) is 45.3 Å². The maximum atomic E-state index is 13.5. The third-order valence-electron chi connectivity index (χ3n) is 10.9. The Morgan fingerprint density at radius 3 is 1.52 bits per heavy atom. The number of fused-ring (bicyclic) bond motifs is 3. The van der Waals surface area contributed by atoms with Gasteiger partial charge in [-0.2, -0.15) is 0 Å². The van der Waals surface area contributed by atoms with Gasteiger partial charge in [0.1, 0.15) is 22.7 Å². The van der Waals surface area contributed by atoms with Gasteiger partial charge in [-0.3, -0.25) is 9.47 Å². The van der Waals surface area contributed by atoms with Gasteiger partial charge in [0.15, 0.2) is 0 Å². The van der Waals surface area contributed by atoms with Gasteiger partial charge in [-0.05, 0) is 118 Å². The molecule has 0 saturated carbocycles. The van der Waals surface area contributed by atoms with Crippen LogP contribution in [-0.4, -0.2) is 63.6 Å². The molecule has 0 atom stereocenters. The molecule has 7 rings (SSSR count). The van der Waals surface area contributed by atoms with Crippen LogP contribution in [0.25, 0.3) is 61.3 Å².